The number of rotatable bonds is 5. The maximum Gasteiger partial charge on any atom is 0.236 e. The second kappa shape index (κ2) is 5.75. The van der Waals surface area contributed by atoms with E-state index in [9.17, 15) is 4.79 Å². The number of nitrogens with one attached hydrogen (secondary N) is 1. The van der Waals surface area contributed by atoms with Gasteiger partial charge in [-0.1, -0.05) is 13.8 Å². The van der Waals surface area contributed by atoms with Gasteiger partial charge in [0.05, 0.1) is 6.04 Å². The van der Waals surface area contributed by atoms with E-state index in [2.05, 4.69) is 39.3 Å². The van der Waals surface area contributed by atoms with E-state index in [4.69, 9.17) is 5.73 Å². The van der Waals surface area contributed by atoms with Gasteiger partial charge in [-0.05, 0) is 32.9 Å². The van der Waals surface area contributed by atoms with Crippen LogP contribution in [0.5, 0.6) is 0 Å². The standard InChI is InChI=1S/C11H24N2OS/c1-7(2)9(11(4,5)15-6)13-10(14)8(3)12/h7-9H,12H2,1-6H3,(H,13,14)/t8-,9?/m1/s1. The van der Waals surface area contributed by atoms with Crippen molar-refractivity contribution in [3.63, 3.8) is 0 Å². The summed E-state index contributed by atoms with van der Waals surface area (Å²) in [5.41, 5.74) is 5.55. The fourth-order valence-corrected chi connectivity index (χ4v) is 2.14. The average Bonchev–Trinajstić information content (AvgIpc) is 2.12. The van der Waals surface area contributed by atoms with E-state index in [0.29, 0.717) is 5.92 Å². The quantitative estimate of drug-likeness (QED) is 0.757. The van der Waals surface area contributed by atoms with Crippen LogP contribution >= 0.6 is 11.8 Å². The van der Waals surface area contributed by atoms with E-state index in [-0.39, 0.29) is 16.7 Å². The summed E-state index contributed by atoms with van der Waals surface area (Å²) < 4.78 is 0.0265. The molecule has 2 atom stereocenters. The Morgan fingerprint density at radius 3 is 2.07 bits per heavy atom. The molecule has 0 bridgehead atoms. The monoisotopic (exact) mass is 232 g/mol. The Labute approximate surface area is 97.6 Å². The van der Waals surface area contributed by atoms with Crippen molar-refractivity contribution in [3.8, 4) is 0 Å². The molecule has 1 unspecified atom stereocenters. The SMILES string of the molecule is CSC(C)(C)C(NC(=O)[C@@H](C)N)C(C)C. The normalized spacial score (nSPS) is 16.3. The summed E-state index contributed by atoms with van der Waals surface area (Å²) in [7, 11) is 0. The van der Waals surface area contributed by atoms with Crippen LogP contribution in [0.3, 0.4) is 0 Å². The molecule has 0 spiro atoms. The molecule has 3 N–H and O–H groups in total. The van der Waals surface area contributed by atoms with Gasteiger partial charge in [0.25, 0.3) is 0 Å². The summed E-state index contributed by atoms with van der Waals surface area (Å²) in [4.78, 5) is 11.6. The molecule has 0 rings (SSSR count). The van der Waals surface area contributed by atoms with Crippen molar-refractivity contribution in [2.75, 3.05) is 6.26 Å². The lowest BCUT2D eigenvalue weighted by molar-refractivity contribution is -0.123. The first-order chi connectivity index (χ1) is 6.72. The highest BCUT2D eigenvalue weighted by Gasteiger charge is 2.32. The van der Waals surface area contributed by atoms with Gasteiger partial charge in [0, 0.05) is 10.8 Å². The fraction of sp³-hybridized carbons (Fsp3) is 0.909. The van der Waals surface area contributed by atoms with Gasteiger partial charge < -0.3 is 11.1 Å². The number of carbonyl (C=O) groups excluding carboxylic acids is 1. The lowest BCUT2D eigenvalue weighted by atomic mass is 9.92. The van der Waals surface area contributed by atoms with Crippen molar-refractivity contribution in [2.24, 2.45) is 11.7 Å². The lowest BCUT2D eigenvalue weighted by Crippen LogP contribution is -2.54. The van der Waals surface area contributed by atoms with Crippen LogP contribution in [0.2, 0.25) is 0 Å². The Bertz CT molecular complexity index is 215. The third-order valence-corrected chi connectivity index (χ3v) is 3.96. The molecular weight excluding hydrogens is 208 g/mol. The average molecular weight is 232 g/mol. The van der Waals surface area contributed by atoms with Crippen molar-refractivity contribution >= 4 is 17.7 Å². The molecule has 3 nitrogen and oxygen atoms in total. The summed E-state index contributed by atoms with van der Waals surface area (Å²) in [6.07, 6.45) is 2.06. The second-order valence-electron chi connectivity index (χ2n) is 4.83. The van der Waals surface area contributed by atoms with Crippen molar-refractivity contribution in [3.05, 3.63) is 0 Å². The van der Waals surface area contributed by atoms with Crippen molar-refractivity contribution in [1.82, 2.24) is 5.32 Å². The predicted molar refractivity (Wildman–Crippen MR) is 68.0 cm³/mol. The maximum atomic E-state index is 11.6. The highest BCUT2D eigenvalue weighted by Crippen LogP contribution is 2.29. The van der Waals surface area contributed by atoms with Gasteiger partial charge >= 0.3 is 0 Å². The van der Waals surface area contributed by atoms with E-state index >= 15 is 0 Å². The Morgan fingerprint density at radius 2 is 1.80 bits per heavy atom. The molecular formula is C11H24N2OS. The molecule has 0 heterocycles. The van der Waals surface area contributed by atoms with E-state index in [0.717, 1.165) is 0 Å². The number of carbonyl (C=O) groups is 1. The van der Waals surface area contributed by atoms with Crippen molar-refractivity contribution in [2.45, 2.75) is 51.4 Å². The molecule has 90 valence electrons. The van der Waals surface area contributed by atoms with Crippen LogP contribution in [0.25, 0.3) is 0 Å². The first-order valence-corrected chi connectivity index (χ1v) is 6.56. The number of thioether (sulfide) groups is 1. The molecule has 0 radical (unpaired) electrons. The zero-order chi connectivity index (χ0) is 12.2. The number of nitrogens with two attached hydrogens (primary N) is 1. The number of hydrogen-bond acceptors (Lipinski definition) is 3. The molecule has 1 amide bonds. The molecule has 0 aromatic carbocycles. The third kappa shape index (κ3) is 4.43. The highest BCUT2D eigenvalue weighted by molar-refractivity contribution is 8.00. The molecule has 0 fully saturated rings. The molecule has 4 heteroatoms. The van der Waals surface area contributed by atoms with Crippen LogP contribution in [0.15, 0.2) is 0 Å². The van der Waals surface area contributed by atoms with Gasteiger partial charge in [0.2, 0.25) is 5.91 Å². The Hall–Kier alpha value is -0.220. The highest BCUT2D eigenvalue weighted by atomic mass is 32.2. The third-order valence-electron chi connectivity index (χ3n) is 2.65. The Morgan fingerprint density at radius 1 is 1.33 bits per heavy atom. The predicted octanol–water partition coefficient (Wildman–Crippen LogP) is 1.62. The molecule has 0 aromatic rings. The minimum absolute atomic E-state index is 0.0265. The molecule has 0 saturated carbocycles. The summed E-state index contributed by atoms with van der Waals surface area (Å²) >= 11 is 1.76. The molecule has 0 aliphatic carbocycles. The van der Waals surface area contributed by atoms with Crippen LogP contribution in [-0.4, -0.2) is 29.0 Å². The molecule has 0 aliphatic heterocycles. The summed E-state index contributed by atoms with van der Waals surface area (Å²) in [6.45, 7) is 10.2. The van der Waals surface area contributed by atoms with E-state index in [1.807, 2.05) is 0 Å². The molecule has 15 heavy (non-hydrogen) atoms. The van der Waals surface area contributed by atoms with Gasteiger partial charge in [-0.15, -0.1) is 0 Å². The second-order valence-corrected chi connectivity index (χ2v) is 6.29. The lowest BCUT2D eigenvalue weighted by Gasteiger charge is -2.36. The first kappa shape index (κ1) is 14.8. The zero-order valence-corrected chi connectivity index (χ0v) is 11.4. The van der Waals surface area contributed by atoms with Crippen LogP contribution in [0.1, 0.15) is 34.6 Å². The van der Waals surface area contributed by atoms with Crippen LogP contribution in [-0.2, 0) is 4.79 Å². The number of hydrogen-bond donors (Lipinski definition) is 2. The minimum Gasteiger partial charge on any atom is -0.350 e. The zero-order valence-electron chi connectivity index (χ0n) is 10.6. The topological polar surface area (TPSA) is 55.1 Å². The fourth-order valence-electron chi connectivity index (χ4n) is 1.55. The van der Waals surface area contributed by atoms with Gasteiger partial charge in [-0.2, -0.15) is 11.8 Å². The van der Waals surface area contributed by atoms with E-state index in [1.165, 1.54) is 0 Å². The Kier molecular flexibility index (Phi) is 5.67. The maximum absolute atomic E-state index is 11.6. The van der Waals surface area contributed by atoms with Gasteiger partial charge in [0.1, 0.15) is 0 Å². The molecule has 0 aromatic heterocycles. The van der Waals surface area contributed by atoms with E-state index in [1.54, 1.807) is 18.7 Å². The van der Waals surface area contributed by atoms with Gasteiger partial charge in [0.15, 0.2) is 0 Å². The summed E-state index contributed by atoms with van der Waals surface area (Å²) in [5.74, 6) is 0.325. The van der Waals surface area contributed by atoms with Gasteiger partial charge in [-0.3, -0.25) is 4.79 Å². The van der Waals surface area contributed by atoms with Gasteiger partial charge in [-0.25, -0.2) is 0 Å². The number of amides is 1. The van der Waals surface area contributed by atoms with Crippen molar-refractivity contribution in [1.29, 1.82) is 0 Å². The molecule has 0 saturated heterocycles. The Balaban J connectivity index is 4.63. The van der Waals surface area contributed by atoms with Crippen molar-refractivity contribution < 1.29 is 4.79 Å². The van der Waals surface area contributed by atoms with Crippen LogP contribution in [0, 0.1) is 5.92 Å². The summed E-state index contributed by atoms with van der Waals surface area (Å²) in [6, 6.07) is -0.296. The van der Waals surface area contributed by atoms with Crippen LogP contribution < -0.4 is 11.1 Å². The first-order valence-electron chi connectivity index (χ1n) is 5.33. The largest absolute Gasteiger partial charge is 0.350 e. The minimum atomic E-state index is -0.441. The molecule has 0 aliphatic rings. The summed E-state index contributed by atoms with van der Waals surface area (Å²) in [5, 5.41) is 3.02. The van der Waals surface area contributed by atoms with E-state index < -0.39 is 6.04 Å². The smallest absolute Gasteiger partial charge is 0.236 e. The van der Waals surface area contributed by atoms with Crippen LogP contribution in [0.4, 0.5) is 0 Å².